The number of rotatable bonds is 5. The fraction of sp³-hybridized carbons (Fsp3) is 0.267. The molecule has 1 aromatic heterocycles. The highest BCUT2D eigenvalue weighted by Gasteiger charge is 2.13. The van der Waals surface area contributed by atoms with Gasteiger partial charge in [-0.05, 0) is 29.1 Å². The van der Waals surface area contributed by atoms with E-state index >= 15 is 0 Å². The fourth-order valence-corrected chi connectivity index (χ4v) is 2.95. The van der Waals surface area contributed by atoms with Gasteiger partial charge in [0.2, 0.25) is 12.7 Å². The van der Waals surface area contributed by atoms with E-state index in [1.807, 2.05) is 29.6 Å². The molecule has 0 fully saturated rings. The maximum atomic E-state index is 11.1. The molecule has 0 saturated heterocycles. The van der Waals surface area contributed by atoms with Gasteiger partial charge in [-0.25, -0.2) is 0 Å². The molecule has 0 unspecified atom stereocenters. The van der Waals surface area contributed by atoms with Crippen LogP contribution in [0.1, 0.15) is 17.4 Å². The standard InChI is InChI=1S/C15H16N2O3S/c1-10(18)17-12-4-5-21-15(12)8-16-7-11-2-3-13-14(6-11)20-9-19-13/h2-6,16H,7-9H2,1H3,(H,17,18). The Labute approximate surface area is 126 Å². The van der Waals surface area contributed by atoms with Gasteiger partial charge in [0, 0.05) is 24.9 Å². The number of anilines is 1. The first-order chi connectivity index (χ1) is 10.2. The van der Waals surface area contributed by atoms with Crippen molar-refractivity contribution < 1.29 is 14.3 Å². The average molecular weight is 304 g/mol. The monoisotopic (exact) mass is 304 g/mol. The van der Waals surface area contributed by atoms with Crippen LogP contribution in [0, 0.1) is 0 Å². The molecule has 0 spiro atoms. The number of ether oxygens (including phenoxy) is 2. The third-order valence-corrected chi connectivity index (χ3v) is 4.03. The third kappa shape index (κ3) is 3.34. The van der Waals surface area contributed by atoms with Gasteiger partial charge in [-0.2, -0.15) is 0 Å². The van der Waals surface area contributed by atoms with Crippen LogP contribution in [0.25, 0.3) is 0 Å². The number of carbonyl (C=O) groups excluding carboxylic acids is 1. The molecule has 0 atom stereocenters. The predicted molar refractivity (Wildman–Crippen MR) is 81.7 cm³/mol. The molecule has 1 aliphatic heterocycles. The van der Waals surface area contributed by atoms with Crippen molar-refractivity contribution in [2.24, 2.45) is 0 Å². The molecule has 21 heavy (non-hydrogen) atoms. The van der Waals surface area contributed by atoms with Gasteiger partial charge in [-0.15, -0.1) is 11.3 Å². The fourth-order valence-electron chi connectivity index (χ4n) is 2.15. The number of thiophene rings is 1. The first kappa shape index (κ1) is 13.9. The van der Waals surface area contributed by atoms with Crippen molar-refractivity contribution in [1.82, 2.24) is 5.32 Å². The molecule has 0 saturated carbocycles. The second-order valence-corrected chi connectivity index (χ2v) is 5.73. The molecular formula is C15H16N2O3S. The SMILES string of the molecule is CC(=O)Nc1ccsc1CNCc1ccc2c(c1)OCO2. The number of benzene rings is 1. The molecule has 1 amide bonds. The minimum absolute atomic E-state index is 0.0505. The van der Waals surface area contributed by atoms with Gasteiger partial charge in [0.25, 0.3) is 0 Å². The average Bonchev–Trinajstić information content (AvgIpc) is 3.07. The summed E-state index contributed by atoms with van der Waals surface area (Å²) in [6.07, 6.45) is 0. The van der Waals surface area contributed by atoms with Crippen LogP contribution in [0.3, 0.4) is 0 Å². The number of fused-ring (bicyclic) bond motifs is 1. The molecular weight excluding hydrogens is 288 g/mol. The lowest BCUT2D eigenvalue weighted by Gasteiger charge is -2.07. The van der Waals surface area contributed by atoms with Crippen molar-refractivity contribution in [3.8, 4) is 11.5 Å². The number of amides is 1. The van der Waals surface area contributed by atoms with Crippen LogP contribution in [-0.2, 0) is 17.9 Å². The summed E-state index contributed by atoms with van der Waals surface area (Å²) in [6, 6.07) is 7.85. The number of hydrogen-bond acceptors (Lipinski definition) is 5. The lowest BCUT2D eigenvalue weighted by molar-refractivity contribution is -0.114. The minimum Gasteiger partial charge on any atom is -0.454 e. The van der Waals surface area contributed by atoms with E-state index in [2.05, 4.69) is 10.6 Å². The van der Waals surface area contributed by atoms with Crippen molar-refractivity contribution in [3.63, 3.8) is 0 Å². The van der Waals surface area contributed by atoms with Crippen molar-refractivity contribution in [3.05, 3.63) is 40.1 Å². The van der Waals surface area contributed by atoms with Crippen molar-refractivity contribution in [2.75, 3.05) is 12.1 Å². The Morgan fingerprint density at radius 3 is 2.95 bits per heavy atom. The van der Waals surface area contributed by atoms with Gasteiger partial charge in [0.1, 0.15) is 0 Å². The second kappa shape index (κ2) is 6.15. The maximum absolute atomic E-state index is 11.1. The topological polar surface area (TPSA) is 59.6 Å². The van der Waals surface area contributed by atoms with E-state index in [1.54, 1.807) is 11.3 Å². The third-order valence-electron chi connectivity index (χ3n) is 3.11. The summed E-state index contributed by atoms with van der Waals surface area (Å²) < 4.78 is 10.6. The molecule has 2 aromatic rings. The molecule has 1 aromatic carbocycles. The van der Waals surface area contributed by atoms with Crippen LogP contribution in [0.2, 0.25) is 0 Å². The van der Waals surface area contributed by atoms with E-state index in [4.69, 9.17) is 9.47 Å². The van der Waals surface area contributed by atoms with Crippen LogP contribution >= 0.6 is 11.3 Å². The Hall–Kier alpha value is -2.05. The Kier molecular flexibility index (Phi) is 4.08. The summed E-state index contributed by atoms with van der Waals surface area (Å²) in [7, 11) is 0. The Bertz CT molecular complexity index is 654. The highest BCUT2D eigenvalue weighted by Crippen LogP contribution is 2.32. The zero-order chi connectivity index (χ0) is 14.7. The number of carbonyl (C=O) groups is 1. The molecule has 110 valence electrons. The summed E-state index contributed by atoms with van der Waals surface area (Å²) in [6.45, 7) is 3.25. The highest BCUT2D eigenvalue weighted by atomic mass is 32.1. The predicted octanol–water partition coefficient (Wildman–Crippen LogP) is 2.73. The van der Waals surface area contributed by atoms with Gasteiger partial charge in [-0.3, -0.25) is 4.79 Å². The van der Waals surface area contributed by atoms with Crippen molar-refractivity contribution in [1.29, 1.82) is 0 Å². The van der Waals surface area contributed by atoms with Gasteiger partial charge in [-0.1, -0.05) is 6.07 Å². The van der Waals surface area contributed by atoms with E-state index < -0.39 is 0 Å². The Morgan fingerprint density at radius 2 is 2.10 bits per heavy atom. The highest BCUT2D eigenvalue weighted by molar-refractivity contribution is 7.10. The summed E-state index contributed by atoms with van der Waals surface area (Å²) in [5.41, 5.74) is 2.02. The quantitative estimate of drug-likeness (QED) is 0.891. The maximum Gasteiger partial charge on any atom is 0.231 e. The number of nitrogens with one attached hydrogen (secondary N) is 2. The van der Waals surface area contributed by atoms with Crippen molar-refractivity contribution in [2.45, 2.75) is 20.0 Å². The van der Waals surface area contributed by atoms with E-state index in [1.165, 1.54) is 6.92 Å². The lowest BCUT2D eigenvalue weighted by Crippen LogP contribution is -2.14. The van der Waals surface area contributed by atoms with Crippen molar-refractivity contribution >= 4 is 22.9 Å². The molecule has 0 bridgehead atoms. The van der Waals surface area contributed by atoms with E-state index in [9.17, 15) is 4.79 Å². The molecule has 0 aliphatic carbocycles. The number of hydrogen-bond donors (Lipinski definition) is 2. The van der Waals surface area contributed by atoms with Crippen LogP contribution in [0.5, 0.6) is 11.5 Å². The zero-order valence-electron chi connectivity index (χ0n) is 11.6. The summed E-state index contributed by atoms with van der Waals surface area (Å²) in [5, 5.41) is 8.18. The van der Waals surface area contributed by atoms with Gasteiger partial charge < -0.3 is 20.1 Å². The Balaban J connectivity index is 1.56. The summed E-state index contributed by atoms with van der Waals surface area (Å²) >= 11 is 1.62. The molecule has 0 radical (unpaired) electrons. The van der Waals surface area contributed by atoms with E-state index in [0.717, 1.165) is 34.2 Å². The van der Waals surface area contributed by atoms with E-state index in [-0.39, 0.29) is 5.91 Å². The van der Waals surface area contributed by atoms with Crippen LogP contribution in [0.4, 0.5) is 5.69 Å². The van der Waals surface area contributed by atoms with Crippen LogP contribution < -0.4 is 20.1 Å². The summed E-state index contributed by atoms with van der Waals surface area (Å²) in [5.74, 6) is 1.54. The van der Waals surface area contributed by atoms with E-state index in [0.29, 0.717) is 13.3 Å². The van der Waals surface area contributed by atoms with Gasteiger partial charge >= 0.3 is 0 Å². The molecule has 2 heterocycles. The minimum atomic E-state index is -0.0505. The first-order valence-electron chi connectivity index (χ1n) is 6.65. The van der Waals surface area contributed by atoms with Crippen LogP contribution in [0.15, 0.2) is 29.6 Å². The summed E-state index contributed by atoms with van der Waals surface area (Å²) in [4.78, 5) is 12.2. The lowest BCUT2D eigenvalue weighted by atomic mass is 10.2. The normalized spacial score (nSPS) is 12.4. The molecule has 6 heteroatoms. The Morgan fingerprint density at radius 1 is 1.24 bits per heavy atom. The zero-order valence-corrected chi connectivity index (χ0v) is 12.5. The molecule has 2 N–H and O–H groups in total. The second-order valence-electron chi connectivity index (χ2n) is 4.73. The molecule has 3 rings (SSSR count). The first-order valence-corrected chi connectivity index (χ1v) is 7.53. The van der Waals surface area contributed by atoms with Gasteiger partial charge in [0.05, 0.1) is 5.69 Å². The smallest absolute Gasteiger partial charge is 0.231 e. The van der Waals surface area contributed by atoms with Gasteiger partial charge in [0.15, 0.2) is 11.5 Å². The molecule has 5 nitrogen and oxygen atoms in total. The van der Waals surface area contributed by atoms with Crippen LogP contribution in [-0.4, -0.2) is 12.7 Å². The largest absolute Gasteiger partial charge is 0.454 e. The molecule has 1 aliphatic rings.